The standard InChI is InChI=1S/C15H20FN3O/c1-10(17)15-12(16)3-2-4-13(15)18-7-8-19-11(9-18)5-6-14(19)20/h2-4,10-11H,5-9,17H2,1H3/t10-,11?/m1/s1. The second-order valence-corrected chi connectivity index (χ2v) is 5.69. The summed E-state index contributed by atoms with van der Waals surface area (Å²) in [6.07, 6.45) is 1.54. The number of nitrogens with two attached hydrogens (primary N) is 1. The summed E-state index contributed by atoms with van der Waals surface area (Å²) in [5.74, 6) is 0.00346. The Kier molecular flexibility index (Phi) is 3.38. The van der Waals surface area contributed by atoms with Gasteiger partial charge >= 0.3 is 0 Å². The second kappa shape index (κ2) is 5.05. The molecule has 5 heteroatoms. The zero-order chi connectivity index (χ0) is 14.3. The number of piperazine rings is 1. The zero-order valence-corrected chi connectivity index (χ0v) is 11.7. The van der Waals surface area contributed by atoms with Crippen LogP contribution in [0, 0.1) is 5.82 Å². The molecule has 1 aromatic carbocycles. The first-order valence-corrected chi connectivity index (χ1v) is 7.16. The quantitative estimate of drug-likeness (QED) is 0.894. The Morgan fingerprint density at radius 2 is 2.20 bits per heavy atom. The third-order valence-electron chi connectivity index (χ3n) is 4.32. The van der Waals surface area contributed by atoms with E-state index in [0.29, 0.717) is 12.0 Å². The Morgan fingerprint density at radius 3 is 2.95 bits per heavy atom. The molecule has 3 rings (SSSR count). The van der Waals surface area contributed by atoms with Gasteiger partial charge in [-0.1, -0.05) is 6.07 Å². The molecule has 0 saturated carbocycles. The Hall–Kier alpha value is -1.62. The van der Waals surface area contributed by atoms with Crippen LogP contribution in [-0.2, 0) is 4.79 Å². The first-order valence-electron chi connectivity index (χ1n) is 7.16. The van der Waals surface area contributed by atoms with Gasteiger partial charge in [0.15, 0.2) is 0 Å². The van der Waals surface area contributed by atoms with Crippen molar-refractivity contribution in [1.82, 2.24) is 4.90 Å². The predicted octanol–water partition coefficient (Wildman–Crippen LogP) is 1.66. The van der Waals surface area contributed by atoms with Crippen molar-refractivity contribution in [2.75, 3.05) is 24.5 Å². The van der Waals surface area contributed by atoms with Gasteiger partial charge < -0.3 is 15.5 Å². The van der Waals surface area contributed by atoms with Crippen LogP contribution in [-0.4, -0.2) is 36.5 Å². The maximum absolute atomic E-state index is 14.0. The van der Waals surface area contributed by atoms with E-state index in [9.17, 15) is 9.18 Å². The monoisotopic (exact) mass is 277 g/mol. The van der Waals surface area contributed by atoms with Gasteiger partial charge in [0.25, 0.3) is 0 Å². The number of fused-ring (bicyclic) bond motifs is 1. The summed E-state index contributed by atoms with van der Waals surface area (Å²) in [6, 6.07) is 5.03. The Bertz CT molecular complexity index is 532. The van der Waals surface area contributed by atoms with Gasteiger partial charge in [-0.3, -0.25) is 4.79 Å². The highest BCUT2D eigenvalue weighted by Gasteiger charge is 2.36. The SMILES string of the molecule is C[C@@H](N)c1c(F)cccc1N1CCN2C(=O)CCC2C1. The highest BCUT2D eigenvalue weighted by atomic mass is 19.1. The van der Waals surface area contributed by atoms with Crippen molar-refractivity contribution < 1.29 is 9.18 Å². The van der Waals surface area contributed by atoms with Gasteiger partial charge in [0, 0.05) is 49.4 Å². The first kappa shape index (κ1) is 13.4. The molecule has 2 N–H and O–H groups in total. The summed E-state index contributed by atoms with van der Waals surface area (Å²) in [7, 11) is 0. The molecular formula is C15H20FN3O. The van der Waals surface area contributed by atoms with E-state index in [1.54, 1.807) is 13.0 Å². The molecule has 0 spiro atoms. The van der Waals surface area contributed by atoms with Crippen molar-refractivity contribution >= 4 is 11.6 Å². The van der Waals surface area contributed by atoms with Crippen molar-refractivity contribution in [1.29, 1.82) is 0 Å². The summed E-state index contributed by atoms with van der Waals surface area (Å²) in [4.78, 5) is 15.8. The van der Waals surface area contributed by atoms with E-state index in [4.69, 9.17) is 5.73 Å². The van der Waals surface area contributed by atoms with Gasteiger partial charge in [-0.25, -0.2) is 4.39 Å². The van der Waals surface area contributed by atoms with Crippen LogP contribution < -0.4 is 10.6 Å². The number of carbonyl (C=O) groups excluding carboxylic acids is 1. The maximum Gasteiger partial charge on any atom is 0.223 e. The van der Waals surface area contributed by atoms with Crippen LogP contribution >= 0.6 is 0 Å². The van der Waals surface area contributed by atoms with E-state index in [-0.39, 0.29) is 23.8 Å². The van der Waals surface area contributed by atoms with Gasteiger partial charge in [-0.15, -0.1) is 0 Å². The summed E-state index contributed by atoms with van der Waals surface area (Å²) < 4.78 is 14.0. The lowest BCUT2D eigenvalue weighted by Crippen LogP contribution is -2.51. The molecule has 1 aromatic rings. The first-order chi connectivity index (χ1) is 9.58. The molecule has 0 bridgehead atoms. The number of rotatable bonds is 2. The van der Waals surface area contributed by atoms with Crippen molar-refractivity contribution in [3.05, 3.63) is 29.6 Å². The number of amides is 1. The molecule has 2 heterocycles. The second-order valence-electron chi connectivity index (χ2n) is 5.69. The topological polar surface area (TPSA) is 49.6 Å². The molecule has 0 aromatic heterocycles. The van der Waals surface area contributed by atoms with Crippen LogP contribution in [0.2, 0.25) is 0 Å². The third-order valence-corrected chi connectivity index (χ3v) is 4.32. The molecule has 1 unspecified atom stereocenters. The van der Waals surface area contributed by atoms with Crippen LogP contribution in [0.15, 0.2) is 18.2 Å². The van der Waals surface area contributed by atoms with Gasteiger partial charge in [-0.2, -0.15) is 0 Å². The lowest BCUT2D eigenvalue weighted by Gasteiger charge is -2.40. The third kappa shape index (κ3) is 2.16. The van der Waals surface area contributed by atoms with Crippen molar-refractivity contribution in [3.8, 4) is 0 Å². The minimum absolute atomic E-state index is 0.248. The molecule has 1 amide bonds. The number of nitrogens with zero attached hydrogens (tertiary/aromatic N) is 2. The number of anilines is 1. The molecule has 108 valence electrons. The number of hydrogen-bond donors (Lipinski definition) is 1. The molecular weight excluding hydrogens is 257 g/mol. The van der Waals surface area contributed by atoms with Gasteiger partial charge in [0.2, 0.25) is 5.91 Å². The number of carbonyl (C=O) groups is 1. The fourth-order valence-electron chi connectivity index (χ4n) is 3.34. The van der Waals surface area contributed by atoms with Crippen LogP contribution in [0.5, 0.6) is 0 Å². The van der Waals surface area contributed by atoms with Gasteiger partial charge in [-0.05, 0) is 25.5 Å². The average Bonchev–Trinajstić information content (AvgIpc) is 2.79. The van der Waals surface area contributed by atoms with Gasteiger partial charge in [0.05, 0.1) is 0 Å². The number of halogens is 1. The fraction of sp³-hybridized carbons (Fsp3) is 0.533. The molecule has 2 fully saturated rings. The number of hydrogen-bond acceptors (Lipinski definition) is 3. The fourth-order valence-corrected chi connectivity index (χ4v) is 3.34. The van der Waals surface area contributed by atoms with Crippen LogP contribution in [0.3, 0.4) is 0 Å². The van der Waals surface area contributed by atoms with Gasteiger partial charge in [0.1, 0.15) is 5.82 Å². The van der Waals surface area contributed by atoms with E-state index in [1.165, 1.54) is 6.07 Å². The highest BCUT2D eigenvalue weighted by Crippen LogP contribution is 2.31. The van der Waals surface area contributed by atoms with Crippen molar-refractivity contribution in [3.63, 3.8) is 0 Å². The summed E-state index contributed by atoms with van der Waals surface area (Å²) >= 11 is 0. The van der Waals surface area contributed by atoms with Crippen LogP contribution in [0.4, 0.5) is 10.1 Å². The largest absolute Gasteiger partial charge is 0.367 e. The minimum Gasteiger partial charge on any atom is -0.367 e. The summed E-state index contributed by atoms with van der Waals surface area (Å²) in [5, 5.41) is 0. The van der Waals surface area contributed by atoms with E-state index < -0.39 is 0 Å². The summed E-state index contributed by atoms with van der Waals surface area (Å²) in [6.45, 7) is 4.04. The smallest absolute Gasteiger partial charge is 0.223 e. The van der Waals surface area contributed by atoms with E-state index in [1.807, 2.05) is 11.0 Å². The van der Waals surface area contributed by atoms with Crippen molar-refractivity contribution in [2.45, 2.75) is 31.8 Å². The normalized spacial score (nSPS) is 23.9. The molecule has 2 saturated heterocycles. The molecule has 20 heavy (non-hydrogen) atoms. The Morgan fingerprint density at radius 1 is 1.40 bits per heavy atom. The lowest BCUT2D eigenvalue weighted by atomic mass is 10.0. The van der Waals surface area contributed by atoms with Crippen LogP contribution in [0.25, 0.3) is 0 Å². The lowest BCUT2D eigenvalue weighted by molar-refractivity contribution is -0.129. The van der Waals surface area contributed by atoms with E-state index >= 15 is 0 Å². The highest BCUT2D eigenvalue weighted by molar-refractivity contribution is 5.79. The van der Waals surface area contributed by atoms with Crippen LogP contribution in [0.1, 0.15) is 31.4 Å². The molecule has 2 atom stereocenters. The molecule has 2 aliphatic rings. The zero-order valence-electron chi connectivity index (χ0n) is 11.7. The molecule has 2 aliphatic heterocycles. The summed E-state index contributed by atoms with van der Waals surface area (Å²) in [5.41, 5.74) is 7.37. The average molecular weight is 277 g/mol. The molecule has 0 aliphatic carbocycles. The van der Waals surface area contributed by atoms with E-state index in [0.717, 1.165) is 31.7 Å². The Labute approximate surface area is 118 Å². The van der Waals surface area contributed by atoms with E-state index in [2.05, 4.69) is 4.90 Å². The minimum atomic E-state index is -0.338. The molecule has 0 radical (unpaired) electrons. The molecule has 4 nitrogen and oxygen atoms in total. The Balaban J connectivity index is 1.88. The van der Waals surface area contributed by atoms with Crippen molar-refractivity contribution in [2.24, 2.45) is 5.73 Å². The maximum atomic E-state index is 14.0. The number of benzene rings is 1. The predicted molar refractivity (Wildman–Crippen MR) is 76.0 cm³/mol.